The van der Waals surface area contributed by atoms with E-state index in [2.05, 4.69) is 46.5 Å². The second-order valence-electron chi connectivity index (χ2n) is 6.47. The number of aromatic nitrogens is 2. The Morgan fingerprint density at radius 1 is 1.24 bits per heavy atom. The number of carbonyl (C=O) groups excluding carboxylic acids is 1. The molecule has 0 saturated carbocycles. The van der Waals surface area contributed by atoms with Crippen LogP contribution in [0.4, 0.5) is 5.82 Å². The Morgan fingerprint density at radius 2 is 1.96 bits per heavy atom. The molecule has 132 valence electrons. The Kier molecular flexibility index (Phi) is 5.23. The van der Waals surface area contributed by atoms with E-state index in [1.54, 1.807) is 6.92 Å². The number of nitrogens with one attached hydrogen (secondary N) is 1. The van der Waals surface area contributed by atoms with Crippen LogP contribution in [0.2, 0.25) is 5.15 Å². The highest BCUT2D eigenvalue weighted by molar-refractivity contribution is 6.30. The molecule has 0 spiro atoms. The average molecular weight is 359 g/mol. The molecule has 5 nitrogen and oxygen atoms in total. The van der Waals surface area contributed by atoms with Crippen LogP contribution in [0.5, 0.6) is 0 Å². The topological polar surface area (TPSA) is 58.1 Å². The lowest BCUT2D eigenvalue weighted by Crippen LogP contribution is -2.33. The lowest BCUT2D eigenvalue weighted by atomic mass is 10.1. The van der Waals surface area contributed by atoms with Crippen molar-refractivity contribution in [3.05, 3.63) is 51.9 Å². The number of nitrogens with zero attached hydrogens (tertiary/aromatic N) is 3. The van der Waals surface area contributed by atoms with Crippen molar-refractivity contribution in [3.63, 3.8) is 0 Å². The van der Waals surface area contributed by atoms with Crippen LogP contribution in [0.3, 0.4) is 0 Å². The smallest absolute Gasteiger partial charge is 0.245 e. The molecule has 2 aromatic rings. The Balaban J connectivity index is 1.71. The fourth-order valence-electron chi connectivity index (χ4n) is 3.10. The molecule has 3 rings (SSSR count). The van der Waals surface area contributed by atoms with Gasteiger partial charge in [0.25, 0.3) is 0 Å². The number of hydrogen-bond acceptors (Lipinski definition) is 4. The molecule has 1 aliphatic rings. The molecule has 6 heteroatoms. The highest BCUT2D eigenvalue weighted by Crippen LogP contribution is 2.25. The summed E-state index contributed by atoms with van der Waals surface area (Å²) in [6.07, 6.45) is 1.48. The Bertz CT molecular complexity index is 776. The summed E-state index contributed by atoms with van der Waals surface area (Å²) in [5.74, 6) is 1.39. The van der Waals surface area contributed by atoms with Crippen LogP contribution in [0, 0.1) is 13.8 Å². The number of carbonyl (C=O) groups is 1. The molecule has 25 heavy (non-hydrogen) atoms. The van der Waals surface area contributed by atoms with E-state index in [4.69, 9.17) is 11.6 Å². The highest BCUT2D eigenvalue weighted by atomic mass is 35.5. The van der Waals surface area contributed by atoms with E-state index in [0.717, 1.165) is 30.5 Å². The summed E-state index contributed by atoms with van der Waals surface area (Å²) in [6, 6.07) is 8.04. The summed E-state index contributed by atoms with van der Waals surface area (Å²) in [5, 5.41) is 3.75. The average Bonchev–Trinajstić information content (AvgIpc) is 2.90. The van der Waals surface area contributed by atoms with Crippen LogP contribution in [-0.4, -0.2) is 33.4 Å². The van der Waals surface area contributed by atoms with E-state index in [0.29, 0.717) is 23.3 Å². The second kappa shape index (κ2) is 7.40. The molecular weight excluding hydrogens is 336 g/mol. The van der Waals surface area contributed by atoms with E-state index >= 15 is 0 Å². The zero-order chi connectivity index (χ0) is 18.0. The normalized spacial score (nSPS) is 17.2. The predicted octanol–water partition coefficient (Wildman–Crippen LogP) is 3.52. The number of benzene rings is 1. The standard InChI is InChI=1S/C19H23ClN4O/c1-4-15-17(20)21-13(3)22-18(15)23-16-9-10-24(19(16)25)11-14-7-5-12(2)6-8-14/h5-8,16H,4,9-11H2,1-3H3,(H,21,22,23). The number of rotatable bonds is 5. The maximum atomic E-state index is 12.7. The van der Waals surface area contributed by atoms with Gasteiger partial charge in [-0.1, -0.05) is 48.4 Å². The van der Waals surface area contributed by atoms with Gasteiger partial charge >= 0.3 is 0 Å². The molecule has 0 bridgehead atoms. The van der Waals surface area contributed by atoms with E-state index in [9.17, 15) is 4.79 Å². The number of amides is 1. The molecule has 0 aliphatic carbocycles. The lowest BCUT2D eigenvalue weighted by molar-refractivity contribution is -0.128. The minimum absolute atomic E-state index is 0.106. The molecule has 1 amide bonds. The van der Waals surface area contributed by atoms with Crippen molar-refractivity contribution in [2.45, 2.75) is 46.2 Å². The summed E-state index contributed by atoms with van der Waals surface area (Å²) in [6.45, 7) is 7.25. The zero-order valence-corrected chi connectivity index (χ0v) is 15.6. The van der Waals surface area contributed by atoms with Crippen LogP contribution in [0.25, 0.3) is 0 Å². The monoisotopic (exact) mass is 358 g/mol. The van der Waals surface area contributed by atoms with Crippen molar-refractivity contribution < 1.29 is 4.79 Å². The molecule has 1 fully saturated rings. The molecule has 1 aromatic carbocycles. The lowest BCUT2D eigenvalue weighted by Gasteiger charge is -2.19. The van der Waals surface area contributed by atoms with Gasteiger partial charge in [-0.2, -0.15) is 0 Å². The summed E-state index contributed by atoms with van der Waals surface area (Å²) < 4.78 is 0. The van der Waals surface area contributed by atoms with Gasteiger partial charge in [0, 0.05) is 18.7 Å². The van der Waals surface area contributed by atoms with Crippen LogP contribution >= 0.6 is 11.6 Å². The Hall–Kier alpha value is -2.14. The van der Waals surface area contributed by atoms with Crippen LogP contribution < -0.4 is 5.32 Å². The van der Waals surface area contributed by atoms with Gasteiger partial charge in [-0.25, -0.2) is 9.97 Å². The fraction of sp³-hybridized carbons (Fsp3) is 0.421. The van der Waals surface area contributed by atoms with Gasteiger partial charge in [0.2, 0.25) is 5.91 Å². The third-order valence-corrected chi connectivity index (χ3v) is 4.84. The van der Waals surface area contributed by atoms with E-state index < -0.39 is 0 Å². The van der Waals surface area contributed by atoms with Gasteiger partial charge in [0.15, 0.2) is 0 Å². The second-order valence-corrected chi connectivity index (χ2v) is 6.83. The molecule has 1 unspecified atom stereocenters. The number of likely N-dealkylation sites (tertiary alicyclic amines) is 1. The first kappa shape index (κ1) is 17.7. The quantitative estimate of drug-likeness (QED) is 0.831. The molecule has 1 atom stereocenters. The van der Waals surface area contributed by atoms with Crippen molar-refractivity contribution in [1.82, 2.24) is 14.9 Å². The SMILES string of the molecule is CCc1c(Cl)nc(C)nc1NC1CCN(Cc2ccc(C)cc2)C1=O. The van der Waals surface area contributed by atoms with Gasteiger partial charge in [-0.15, -0.1) is 0 Å². The van der Waals surface area contributed by atoms with Crippen molar-refractivity contribution in [2.75, 3.05) is 11.9 Å². The summed E-state index contributed by atoms with van der Waals surface area (Å²) in [5.41, 5.74) is 3.23. The van der Waals surface area contributed by atoms with Crippen molar-refractivity contribution in [2.24, 2.45) is 0 Å². The molecule has 1 aliphatic heterocycles. The van der Waals surface area contributed by atoms with E-state index in [-0.39, 0.29) is 11.9 Å². The first-order chi connectivity index (χ1) is 12.0. The molecule has 1 saturated heterocycles. The molecule has 2 heterocycles. The Labute approximate surface area is 153 Å². The van der Waals surface area contributed by atoms with E-state index in [1.807, 2.05) is 11.8 Å². The summed E-state index contributed by atoms with van der Waals surface area (Å²) in [7, 11) is 0. The van der Waals surface area contributed by atoms with Crippen LogP contribution in [-0.2, 0) is 17.8 Å². The van der Waals surface area contributed by atoms with Gasteiger partial charge < -0.3 is 10.2 Å². The van der Waals surface area contributed by atoms with E-state index in [1.165, 1.54) is 5.56 Å². The Morgan fingerprint density at radius 3 is 2.64 bits per heavy atom. The number of anilines is 1. The fourth-order valence-corrected chi connectivity index (χ4v) is 3.45. The van der Waals surface area contributed by atoms with Crippen molar-refractivity contribution >= 4 is 23.3 Å². The maximum Gasteiger partial charge on any atom is 0.245 e. The minimum Gasteiger partial charge on any atom is -0.358 e. The van der Waals surface area contributed by atoms with Crippen LogP contribution in [0.1, 0.15) is 35.9 Å². The van der Waals surface area contributed by atoms with Gasteiger partial charge in [0.1, 0.15) is 22.8 Å². The van der Waals surface area contributed by atoms with Crippen LogP contribution in [0.15, 0.2) is 24.3 Å². The molecule has 1 N–H and O–H groups in total. The first-order valence-electron chi connectivity index (χ1n) is 8.61. The largest absolute Gasteiger partial charge is 0.358 e. The number of hydrogen-bond donors (Lipinski definition) is 1. The summed E-state index contributed by atoms with van der Waals surface area (Å²) >= 11 is 6.22. The highest BCUT2D eigenvalue weighted by Gasteiger charge is 2.32. The number of halogens is 1. The van der Waals surface area contributed by atoms with Crippen molar-refractivity contribution in [1.29, 1.82) is 0 Å². The maximum absolute atomic E-state index is 12.7. The zero-order valence-electron chi connectivity index (χ0n) is 14.8. The third-order valence-electron chi connectivity index (χ3n) is 4.52. The minimum atomic E-state index is -0.263. The number of aryl methyl sites for hydroxylation is 2. The molecular formula is C19H23ClN4O. The predicted molar refractivity (Wildman–Crippen MR) is 99.8 cm³/mol. The van der Waals surface area contributed by atoms with Gasteiger partial charge in [-0.3, -0.25) is 4.79 Å². The van der Waals surface area contributed by atoms with Crippen molar-refractivity contribution in [3.8, 4) is 0 Å². The molecule has 1 aromatic heterocycles. The van der Waals surface area contributed by atoms with Gasteiger partial charge in [0.05, 0.1) is 0 Å². The molecule has 0 radical (unpaired) electrons. The van der Waals surface area contributed by atoms with Gasteiger partial charge in [-0.05, 0) is 32.3 Å². The first-order valence-corrected chi connectivity index (χ1v) is 8.99. The third kappa shape index (κ3) is 3.93. The summed E-state index contributed by atoms with van der Waals surface area (Å²) in [4.78, 5) is 23.3.